The van der Waals surface area contributed by atoms with Gasteiger partial charge in [-0.15, -0.1) is 0 Å². The Morgan fingerprint density at radius 2 is 2.33 bits per heavy atom. The Morgan fingerprint density at radius 3 is 3.00 bits per heavy atom. The van der Waals surface area contributed by atoms with Gasteiger partial charge in [-0.25, -0.2) is 0 Å². The van der Waals surface area contributed by atoms with Gasteiger partial charge in [0.2, 0.25) is 5.91 Å². The third kappa shape index (κ3) is 3.86. The van der Waals surface area contributed by atoms with Crippen LogP contribution in [0.2, 0.25) is 0 Å². The minimum atomic E-state index is 0.150. The highest BCUT2D eigenvalue weighted by Crippen LogP contribution is 2.30. The highest BCUT2D eigenvalue weighted by Gasteiger charge is 2.21. The van der Waals surface area contributed by atoms with Gasteiger partial charge in [0.1, 0.15) is 0 Å². The number of nitrogens with zero attached hydrogens (tertiary/aromatic N) is 1. The standard InChI is InChI=1S/C14H23N3O/c1-11(8-12-4-2-3-5-12)14(18)15-7-6-13-9-16-17-10-13/h9-12H,2-8H2,1H3,(H,15,18)(H,16,17). The molecule has 0 bridgehead atoms. The van der Waals surface area contributed by atoms with Crippen LogP contribution in [0.3, 0.4) is 0 Å². The molecule has 18 heavy (non-hydrogen) atoms. The van der Waals surface area contributed by atoms with Gasteiger partial charge in [0.25, 0.3) is 0 Å². The summed E-state index contributed by atoms with van der Waals surface area (Å²) in [6.45, 7) is 2.75. The summed E-state index contributed by atoms with van der Waals surface area (Å²) in [5.74, 6) is 1.13. The maximum Gasteiger partial charge on any atom is 0.222 e. The van der Waals surface area contributed by atoms with Gasteiger partial charge in [-0.05, 0) is 24.3 Å². The summed E-state index contributed by atoms with van der Waals surface area (Å²) in [6, 6.07) is 0. The van der Waals surface area contributed by atoms with E-state index in [4.69, 9.17) is 0 Å². The van der Waals surface area contributed by atoms with Crippen molar-refractivity contribution in [3.8, 4) is 0 Å². The van der Waals surface area contributed by atoms with Crippen LogP contribution in [0.4, 0.5) is 0 Å². The van der Waals surface area contributed by atoms with Crippen LogP contribution < -0.4 is 5.32 Å². The summed E-state index contributed by atoms with van der Waals surface area (Å²) in [4.78, 5) is 11.9. The van der Waals surface area contributed by atoms with Gasteiger partial charge in [-0.3, -0.25) is 9.89 Å². The van der Waals surface area contributed by atoms with Crippen LogP contribution in [0.1, 0.15) is 44.6 Å². The first kappa shape index (κ1) is 13.1. The second kappa shape index (κ2) is 6.57. The summed E-state index contributed by atoms with van der Waals surface area (Å²) >= 11 is 0. The van der Waals surface area contributed by atoms with E-state index >= 15 is 0 Å². The number of H-pyrrole nitrogens is 1. The van der Waals surface area contributed by atoms with Crippen LogP contribution >= 0.6 is 0 Å². The lowest BCUT2D eigenvalue weighted by Gasteiger charge is -2.15. The molecule has 0 aliphatic heterocycles. The molecular formula is C14H23N3O. The summed E-state index contributed by atoms with van der Waals surface area (Å²) in [5.41, 5.74) is 1.14. The minimum absolute atomic E-state index is 0.150. The van der Waals surface area contributed by atoms with Crippen LogP contribution in [0.15, 0.2) is 12.4 Å². The van der Waals surface area contributed by atoms with Gasteiger partial charge in [0.15, 0.2) is 0 Å². The Balaban J connectivity index is 1.64. The zero-order valence-electron chi connectivity index (χ0n) is 11.1. The number of aromatic amines is 1. The molecule has 1 aromatic heterocycles. The molecule has 1 saturated carbocycles. The lowest BCUT2D eigenvalue weighted by molar-refractivity contribution is -0.124. The lowest BCUT2D eigenvalue weighted by Crippen LogP contribution is -2.31. The zero-order chi connectivity index (χ0) is 12.8. The molecule has 0 aromatic carbocycles. The van der Waals surface area contributed by atoms with Gasteiger partial charge in [0.05, 0.1) is 6.20 Å². The molecular weight excluding hydrogens is 226 g/mol. The first-order valence-electron chi connectivity index (χ1n) is 7.01. The van der Waals surface area contributed by atoms with Crippen molar-refractivity contribution < 1.29 is 4.79 Å². The normalized spacial score (nSPS) is 17.8. The third-order valence-electron chi connectivity index (χ3n) is 3.88. The fourth-order valence-electron chi connectivity index (χ4n) is 2.77. The van der Waals surface area contributed by atoms with Crippen LogP contribution in [0.25, 0.3) is 0 Å². The fraction of sp³-hybridized carbons (Fsp3) is 0.714. The second-order valence-corrected chi connectivity index (χ2v) is 5.43. The molecule has 0 saturated heterocycles. The molecule has 1 heterocycles. The predicted molar refractivity (Wildman–Crippen MR) is 71.0 cm³/mol. The fourth-order valence-corrected chi connectivity index (χ4v) is 2.77. The van der Waals surface area contributed by atoms with E-state index in [1.165, 1.54) is 25.7 Å². The van der Waals surface area contributed by atoms with Crippen LogP contribution in [0, 0.1) is 11.8 Å². The number of carbonyl (C=O) groups excluding carboxylic acids is 1. The summed E-state index contributed by atoms with van der Waals surface area (Å²) in [7, 11) is 0. The molecule has 1 aliphatic carbocycles. The van der Waals surface area contributed by atoms with Crippen molar-refractivity contribution in [3.63, 3.8) is 0 Å². The molecule has 1 aromatic rings. The lowest BCUT2D eigenvalue weighted by atomic mass is 9.94. The molecule has 2 rings (SSSR count). The Bertz CT molecular complexity index is 355. The average Bonchev–Trinajstić information content (AvgIpc) is 3.01. The molecule has 1 amide bonds. The number of hydrogen-bond acceptors (Lipinski definition) is 2. The number of aromatic nitrogens is 2. The van der Waals surface area contributed by atoms with Crippen LogP contribution in [-0.2, 0) is 11.2 Å². The molecule has 1 unspecified atom stereocenters. The van der Waals surface area contributed by atoms with Crippen molar-refractivity contribution in [2.75, 3.05) is 6.54 Å². The Hall–Kier alpha value is -1.32. The number of nitrogens with one attached hydrogen (secondary N) is 2. The topological polar surface area (TPSA) is 57.8 Å². The van der Waals surface area contributed by atoms with Gasteiger partial charge in [-0.2, -0.15) is 5.10 Å². The predicted octanol–water partition coefficient (Wildman–Crippen LogP) is 2.28. The van der Waals surface area contributed by atoms with Crippen molar-refractivity contribution >= 4 is 5.91 Å². The Kier molecular flexibility index (Phi) is 4.79. The van der Waals surface area contributed by atoms with Gasteiger partial charge < -0.3 is 5.32 Å². The van der Waals surface area contributed by atoms with Crippen molar-refractivity contribution in [2.24, 2.45) is 11.8 Å². The molecule has 1 aliphatic rings. The van der Waals surface area contributed by atoms with E-state index in [-0.39, 0.29) is 11.8 Å². The smallest absolute Gasteiger partial charge is 0.222 e. The SMILES string of the molecule is CC(CC1CCCC1)C(=O)NCCc1cn[nH]c1. The summed E-state index contributed by atoms with van der Waals surface area (Å²) < 4.78 is 0. The quantitative estimate of drug-likeness (QED) is 0.812. The maximum absolute atomic E-state index is 11.9. The molecule has 1 fully saturated rings. The number of carbonyl (C=O) groups is 1. The summed E-state index contributed by atoms with van der Waals surface area (Å²) in [6.07, 6.45) is 10.9. The number of hydrogen-bond donors (Lipinski definition) is 2. The molecule has 1 atom stereocenters. The van der Waals surface area contributed by atoms with Crippen molar-refractivity contribution in [3.05, 3.63) is 18.0 Å². The molecule has 2 N–H and O–H groups in total. The van der Waals surface area contributed by atoms with Gasteiger partial charge >= 0.3 is 0 Å². The van der Waals surface area contributed by atoms with Gasteiger partial charge in [0, 0.05) is 18.7 Å². The highest BCUT2D eigenvalue weighted by atomic mass is 16.1. The Labute approximate surface area is 109 Å². The average molecular weight is 249 g/mol. The van der Waals surface area contributed by atoms with E-state index in [1.807, 2.05) is 13.1 Å². The number of amides is 1. The van der Waals surface area contributed by atoms with Crippen LogP contribution in [0.5, 0.6) is 0 Å². The first-order valence-corrected chi connectivity index (χ1v) is 7.01. The van der Waals surface area contributed by atoms with E-state index in [2.05, 4.69) is 15.5 Å². The van der Waals surface area contributed by atoms with Gasteiger partial charge in [-0.1, -0.05) is 32.6 Å². The first-order chi connectivity index (χ1) is 8.75. The summed E-state index contributed by atoms with van der Waals surface area (Å²) in [5, 5.41) is 9.68. The zero-order valence-corrected chi connectivity index (χ0v) is 11.1. The molecule has 4 nitrogen and oxygen atoms in total. The van der Waals surface area contributed by atoms with Crippen molar-refractivity contribution in [1.29, 1.82) is 0 Å². The van der Waals surface area contributed by atoms with E-state index in [1.54, 1.807) is 6.20 Å². The maximum atomic E-state index is 11.9. The third-order valence-corrected chi connectivity index (χ3v) is 3.88. The number of rotatable bonds is 6. The van der Waals surface area contributed by atoms with E-state index in [0.29, 0.717) is 6.54 Å². The van der Waals surface area contributed by atoms with E-state index in [9.17, 15) is 4.79 Å². The monoisotopic (exact) mass is 249 g/mol. The minimum Gasteiger partial charge on any atom is -0.356 e. The molecule has 100 valence electrons. The van der Waals surface area contributed by atoms with Crippen molar-refractivity contribution in [1.82, 2.24) is 15.5 Å². The van der Waals surface area contributed by atoms with Crippen LogP contribution in [-0.4, -0.2) is 22.6 Å². The Morgan fingerprint density at radius 1 is 1.56 bits per heavy atom. The van der Waals surface area contributed by atoms with E-state index in [0.717, 1.165) is 24.3 Å². The molecule has 0 radical (unpaired) electrons. The highest BCUT2D eigenvalue weighted by molar-refractivity contribution is 5.78. The van der Waals surface area contributed by atoms with E-state index < -0.39 is 0 Å². The van der Waals surface area contributed by atoms with Crippen molar-refractivity contribution in [2.45, 2.75) is 45.4 Å². The molecule has 0 spiro atoms. The largest absolute Gasteiger partial charge is 0.356 e. The second-order valence-electron chi connectivity index (χ2n) is 5.43. The molecule has 4 heteroatoms.